The number of rotatable bonds is 1. The summed E-state index contributed by atoms with van der Waals surface area (Å²) >= 11 is 0. The zero-order valence-electron chi connectivity index (χ0n) is 11.5. The van der Waals surface area contributed by atoms with Gasteiger partial charge in [-0.2, -0.15) is 0 Å². The summed E-state index contributed by atoms with van der Waals surface area (Å²) in [7, 11) is 0. The fraction of sp³-hybridized carbons (Fsp3) is 0.529. The minimum atomic E-state index is -0.00575. The molecule has 18 heavy (non-hydrogen) atoms. The van der Waals surface area contributed by atoms with Crippen molar-refractivity contribution in [3.05, 3.63) is 47.5 Å². The maximum absolute atomic E-state index is 6.46. The zero-order chi connectivity index (χ0) is 12.8. The molecule has 2 bridgehead atoms. The molecule has 0 aromatic heterocycles. The third kappa shape index (κ3) is 1.91. The van der Waals surface area contributed by atoms with Crippen LogP contribution in [0.5, 0.6) is 0 Å². The molecule has 0 radical (unpaired) electrons. The van der Waals surface area contributed by atoms with Crippen LogP contribution in [0.4, 0.5) is 0 Å². The van der Waals surface area contributed by atoms with Crippen molar-refractivity contribution in [1.82, 2.24) is 0 Å². The molecule has 0 N–H and O–H groups in total. The highest BCUT2D eigenvalue weighted by Crippen LogP contribution is 2.50. The first-order valence-electron chi connectivity index (χ1n) is 6.97. The Morgan fingerprint density at radius 3 is 2.61 bits per heavy atom. The van der Waals surface area contributed by atoms with Gasteiger partial charge in [0.05, 0.1) is 11.7 Å². The largest absolute Gasteiger partial charge is 0.367 e. The van der Waals surface area contributed by atoms with Gasteiger partial charge in [0.25, 0.3) is 0 Å². The summed E-state index contributed by atoms with van der Waals surface area (Å²) in [5, 5.41) is 0. The quantitative estimate of drug-likeness (QED) is 0.658. The van der Waals surface area contributed by atoms with E-state index in [0.717, 1.165) is 0 Å². The lowest BCUT2D eigenvalue weighted by atomic mass is 9.69. The van der Waals surface area contributed by atoms with E-state index in [4.69, 9.17) is 4.74 Å². The van der Waals surface area contributed by atoms with E-state index in [9.17, 15) is 0 Å². The molecular weight excluding hydrogens is 220 g/mol. The predicted molar refractivity (Wildman–Crippen MR) is 74.3 cm³/mol. The van der Waals surface area contributed by atoms with Gasteiger partial charge in [-0.1, -0.05) is 42.0 Å². The van der Waals surface area contributed by atoms with Crippen LogP contribution < -0.4 is 0 Å². The molecule has 1 aromatic carbocycles. The highest BCUT2D eigenvalue weighted by Gasteiger charge is 2.45. The van der Waals surface area contributed by atoms with Crippen LogP contribution in [-0.2, 0) is 4.74 Å². The molecule has 1 aliphatic carbocycles. The molecule has 1 nitrogen and oxygen atoms in total. The van der Waals surface area contributed by atoms with Gasteiger partial charge in [-0.25, -0.2) is 0 Å². The Bertz CT molecular complexity index is 458. The van der Waals surface area contributed by atoms with Crippen LogP contribution in [0.3, 0.4) is 0 Å². The van der Waals surface area contributed by atoms with Gasteiger partial charge in [0, 0.05) is 5.92 Å². The van der Waals surface area contributed by atoms with Crippen molar-refractivity contribution in [2.24, 2.45) is 11.8 Å². The standard InChI is InChI=1S/C17H22O/c1-12-9-10-14-11-15(12)16(18-17(14,2)3)13-7-5-4-6-8-13/h4-9,14-16H,10-11H2,1-3H3/t14-,15+,16+/m0/s1. The van der Waals surface area contributed by atoms with E-state index in [1.807, 2.05) is 0 Å². The molecule has 1 fully saturated rings. The maximum atomic E-state index is 6.46. The normalized spacial score (nSPS) is 33.9. The van der Waals surface area contributed by atoms with Crippen LogP contribution in [0.25, 0.3) is 0 Å². The molecule has 0 unspecified atom stereocenters. The lowest BCUT2D eigenvalue weighted by molar-refractivity contribution is -0.166. The summed E-state index contributed by atoms with van der Waals surface area (Å²) in [5.74, 6) is 1.24. The first-order valence-corrected chi connectivity index (χ1v) is 6.97. The van der Waals surface area contributed by atoms with Crippen LogP contribution in [0.15, 0.2) is 42.0 Å². The Balaban J connectivity index is 1.99. The molecule has 0 saturated carbocycles. The van der Waals surface area contributed by atoms with Crippen LogP contribution in [0.2, 0.25) is 0 Å². The molecule has 1 aromatic rings. The van der Waals surface area contributed by atoms with Gasteiger partial charge in [0.1, 0.15) is 0 Å². The Kier molecular flexibility index (Phi) is 2.82. The van der Waals surface area contributed by atoms with E-state index in [0.29, 0.717) is 11.8 Å². The average molecular weight is 242 g/mol. The summed E-state index contributed by atoms with van der Waals surface area (Å²) in [6, 6.07) is 10.7. The average Bonchev–Trinajstić information content (AvgIpc) is 2.37. The summed E-state index contributed by atoms with van der Waals surface area (Å²) in [6.45, 7) is 6.76. The molecule has 1 aliphatic heterocycles. The minimum Gasteiger partial charge on any atom is -0.367 e. The monoisotopic (exact) mass is 242 g/mol. The Hall–Kier alpha value is -1.08. The lowest BCUT2D eigenvalue weighted by Gasteiger charge is -2.49. The van der Waals surface area contributed by atoms with Gasteiger partial charge in [0.15, 0.2) is 0 Å². The van der Waals surface area contributed by atoms with E-state index in [1.54, 1.807) is 0 Å². The van der Waals surface area contributed by atoms with Crippen molar-refractivity contribution >= 4 is 0 Å². The van der Waals surface area contributed by atoms with E-state index < -0.39 is 0 Å². The zero-order valence-corrected chi connectivity index (χ0v) is 11.5. The van der Waals surface area contributed by atoms with E-state index in [2.05, 4.69) is 57.2 Å². The number of ether oxygens (including phenoxy) is 1. The van der Waals surface area contributed by atoms with E-state index in [-0.39, 0.29) is 11.7 Å². The van der Waals surface area contributed by atoms with Gasteiger partial charge in [0.2, 0.25) is 0 Å². The van der Waals surface area contributed by atoms with Gasteiger partial charge in [-0.15, -0.1) is 0 Å². The molecule has 0 spiro atoms. The van der Waals surface area contributed by atoms with Crippen molar-refractivity contribution < 1.29 is 4.74 Å². The van der Waals surface area contributed by atoms with Crippen LogP contribution in [0.1, 0.15) is 45.3 Å². The second-order valence-electron chi connectivity index (χ2n) is 6.28. The second kappa shape index (κ2) is 4.24. The van der Waals surface area contributed by atoms with Crippen LogP contribution in [-0.4, -0.2) is 5.60 Å². The molecular formula is C17H22O. The summed E-state index contributed by atoms with van der Waals surface area (Å²) in [6.07, 6.45) is 5.11. The summed E-state index contributed by atoms with van der Waals surface area (Å²) < 4.78 is 6.46. The van der Waals surface area contributed by atoms with Gasteiger partial charge in [-0.05, 0) is 45.1 Å². The lowest BCUT2D eigenvalue weighted by Crippen LogP contribution is -2.45. The highest BCUT2D eigenvalue weighted by molar-refractivity contribution is 5.25. The van der Waals surface area contributed by atoms with Crippen LogP contribution in [0, 0.1) is 11.8 Å². The SMILES string of the molecule is CC1=CC[C@H]2C[C@H]1[C@@H](c1ccccc1)OC2(C)C. The molecule has 1 heterocycles. The number of hydrogen-bond acceptors (Lipinski definition) is 1. The van der Waals surface area contributed by atoms with Gasteiger partial charge in [-0.3, -0.25) is 0 Å². The highest BCUT2D eigenvalue weighted by atomic mass is 16.5. The number of allylic oxidation sites excluding steroid dienone is 1. The van der Waals surface area contributed by atoms with Crippen molar-refractivity contribution in [3.8, 4) is 0 Å². The fourth-order valence-corrected chi connectivity index (χ4v) is 3.45. The van der Waals surface area contributed by atoms with Crippen molar-refractivity contribution in [2.75, 3.05) is 0 Å². The molecule has 3 rings (SSSR count). The molecule has 3 atom stereocenters. The van der Waals surface area contributed by atoms with Crippen molar-refractivity contribution in [2.45, 2.75) is 45.3 Å². The molecule has 1 saturated heterocycles. The van der Waals surface area contributed by atoms with Crippen molar-refractivity contribution in [3.63, 3.8) is 0 Å². The topological polar surface area (TPSA) is 9.23 Å². The summed E-state index contributed by atoms with van der Waals surface area (Å²) in [4.78, 5) is 0. The number of hydrogen-bond donors (Lipinski definition) is 0. The first kappa shape index (κ1) is 12.0. The van der Waals surface area contributed by atoms with Gasteiger partial charge < -0.3 is 4.74 Å². The third-order valence-corrected chi connectivity index (χ3v) is 4.76. The molecule has 2 aliphatic rings. The van der Waals surface area contributed by atoms with E-state index in [1.165, 1.54) is 24.0 Å². The third-order valence-electron chi connectivity index (χ3n) is 4.76. The second-order valence-corrected chi connectivity index (χ2v) is 6.28. The number of fused-ring (bicyclic) bond motifs is 2. The number of benzene rings is 1. The van der Waals surface area contributed by atoms with Crippen LogP contribution >= 0.6 is 0 Å². The molecule has 1 heteroatoms. The summed E-state index contributed by atoms with van der Waals surface area (Å²) in [5.41, 5.74) is 2.83. The minimum absolute atomic E-state index is 0.00575. The first-order chi connectivity index (χ1) is 8.58. The maximum Gasteiger partial charge on any atom is 0.0897 e. The molecule has 96 valence electrons. The predicted octanol–water partition coefficient (Wildman–Crippen LogP) is 4.51. The van der Waals surface area contributed by atoms with Gasteiger partial charge >= 0.3 is 0 Å². The Labute approximate surface area is 110 Å². The smallest absolute Gasteiger partial charge is 0.0897 e. The Morgan fingerprint density at radius 2 is 1.89 bits per heavy atom. The molecule has 0 amide bonds. The van der Waals surface area contributed by atoms with Crippen molar-refractivity contribution in [1.29, 1.82) is 0 Å². The fourth-order valence-electron chi connectivity index (χ4n) is 3.45. The van der Waals surface area contributed by atoms with E-state index >= 15 is 0 Å². The Morgan fingerprint density at radius 1 is 1.17 bits per heavy atom.